The van der Waals surface area contributed by atoms with E-state index in [0.29, 0.717) is 35.7 Å². The smallest absolute Gasteiger partial charge is 0.273 e. The number of nitro benzene ring substituents is 1. The van der Waals surface area contributed by atoms with Gasteiger partial charge in [-0.25, -0.2) is 5.43 Å². The van der Waals surface area contributed by atoms with Gasteiger partial charge in [-0.2, -0.15) is 5.10 Å². The first-order chi connectivity index (χ1) is 16.9. The Morgan fingerprint density at radius 1 is 1.17 bits per heavy atom. The predicted octanol–water partition coefficient (Wildman–Crippen LogP) is 5.37. The Bertz CT molecular complexity index is 1240. The first-order valence-corrected chi connectivity index (χ1v) is 11.4. The number of rotatable bonds is 11. The van der Waals surface area contributed by atoms with Gasteiger partial charge in [-0.1, -0.05) is 52.3 Å². The summed E-state index contributed by atoms with van der Waals surface area (Å²) in [5.74, 6) is 0.658. The van der Waals surface area contributed by atoms with Gasteiger partial charge in [0.1, 0.15) is 6.61 Å². The van der Waals surface area contributed by atoms with E-state index in [9.17, 15) is 14.9 Å². The number of nitrogens with one attached hydrogen (secondary N) is 1. The van der Waals surface area contributed by atoms with Gasteiger partial charge >= 0.3 is 0 Å². The quantitative estimate of drug-likeness (QED) is 0.153. The molecule has 1 N–H and O–H groups in total. The second kappa shape index (κ2) is 12.5. The van der Waals surface area contributed by atoms with Crippen LogP contribution in [-0.2, 0) is 24.2 Å². The Labute approximate surface area is 211 Å². The van der Waals surface area contributed by atoms with Crippen LogP contribution >= 0.6 is 15.9 Å². The molecule has 0 aliphatic carbocycles. The first kappa shape index (κ1) is 25.6. The molecule has 3 aromatic carbocycles. The second-order valence-electron chi connectivity index (χ2n) is 7.48. The lowest BCUT2D eigenvalue weighted by molar-refractivity contribution is -0.385. The zero-order valence-corrected chi connectivity index (χ0v) is 20.7. The third-order valence-corrected chi connectivity index (χ3v) is 5.51. The molecule has 0 atom stereocenters. The molecule has 0 saturated carbocycles. The average Bonchev–Trinajstić information content (AvgIpc) is 2.84. The fourth-order valence-corrected chi connectivity index (χ4v) is 3.61. The van der Waals surface area contributed by atoms with E-state index < -0.39 is 10.8 Å². The number of para-hydroxylation sites is 1. The van der Waals surface area contributed by atoms with E-state index in [1.54, 1.807) is 37.5 Å². The number of hydrogen-bond acceptors (Lipinski definition) is 6. The highest BCUT2D eigenvalue weighted by Gasteiger charge is 2.15. The predicted molar refractivity (Wildman–Crippen MR) is 138 cm³/mol. The number of allylic oxidation sites excluding steroid dienone is 1. The molecule has 0 aliphatic rings. The molecular formula is C26H24BrN3O5. The minimum absolute atomic E-state index is 0.107. The van der Waals surface area contributed by atoms with Gasteiger partial charge in [0.2, 0.25) is 5.91 Å². The minimum atomic E-state index is -0.514. The zero-order chi connectivity index (χ0) is 25.2. The summed E-state index contributed by atoms with van der Waals surface area (Å²) in [5.41, 5.74) is 5.16. The summed E-state index contributed by atoms with van der Waals surface area (Å²) in [4.78, 5) is 22.9. The SMILES string of the molecule is C=CCc1cc(/C=N/NC(=O)Cc2ccccc2[N+](=O)[O-])cc(OC)c1OCc1ccc(Br)cc1. The summed E-state index contributed by atoms with van der Waals surface area (Å²) in [5, 5.41) is 15.1. The van der Waals surface area contributed by atoms with Gasteiger partial charge in [0.05, 0.1) is 24.7 Å². The zero-order valence-electron chi connectivity index (χ0n) is 19.1. The number of halogens is 1. The summed E-state index contributed by atoms with van der Waals surface area (Å²) in [6.07, 6.45) is 3.61. The molecule has 9 heteroatoms. The van der Waals surface area contributed by atoms with Crippen LogP contribution in [0.25, 0.3) is 0 Å². The van der Waals surface area contributed by atoms with E-state index in [-0.39, 0.29) is 12.1 Å². The maximum atomic E-state index is 12.3. The van der Waals surface area contributed by atoms with Gasteiger partial charge in [-0.05, 0) is 41.8 Å². The van der Waals surface area contributed by atoms with Crippen molar-refractivity contribution >= 4 is 33.7 Å². The molecule has 0 saturated heterocycles. The van der Waals surface area contributed by atoms with Crippen LogP contribution in [0.5, 0.6) is 11.5 Å². The van der Waals surface area contributed by atoms with Gasteiger partial charge < -0.3 is 9.47 Å². The molecule has 0 aromatic heterocycles. The molecule has 35 heavy (non-hydrogen) atoms. The first-order valence-electron chi connectivity index (χ1n) is 10.6. The molecule has 8 nitrogen and oxygen atoms in total. The number of nitrogens with zero attached hydrogens (tertiary/aromatic N) is 2. The maximum Gasteiger partial charge on any atom is 0.273 e. The standard InChI is InChI=1S/C26H24BrN3O5/c1-3-6-21-13-19(14-24(34-2)26(21)35-17-18-9-11-22(27)12-10-18)16-28-29-25(31)15-20-7-4-5-8-23(20)30(32)33/h3-5,7-14,16H,1,6,15,17H2,2H3,(H,29,31)/b28-16+. The summed E-state index contributed by atoms with van der Waals surface area (Å²) in [7, 11) is 1.55. The van der Waals surface area contributed by atoms with Crippen LogP contribution in [0.2, 0.25) is 0 Å². The fraction of sp³-hybridized carbons (Fsp3) is 0.154. The Balaban J connectivity index is 1.72. The number of methoxy groups -OCH3 is 1. The van der Waals surface area contributed by atoms with Gasteiger partial charge in [0.15, 0.2) is 11.5 Å². The fourth-order valence-electron chi connectivity index (χ4n) is 3.35. The number of hydrogen-bond donors (Lipinski definition) is 1. The van der Waals surface area contributed by atoms with E-state index in [4.69, 9.17) is 9.47 Å². The Morgan fingerprint density at radius 3 is 2.60 bits per heavy atom. The van der Waals surface area contributed by atoms with Crippen molar-refractivity contribution in [1.29, 1.82) is 0 Å². The largest absolute Gasteiger partial charge is 0.493 e. The molecule has 0 spiro atoms. The normalized spacial score (nSPS) is 10.7. The maximum absolute atomic E-state index is 12.3. The van der Waals surface area contributed by atoms with Crippen molar-refractivity contribution in [2.24, 2.45) is 5.10 Å². The van der Waals surface area contributed by atoms with Gasteiger partial charge in [-0.3, -0.25) is 14.9 Å². The van der Waals surface area contributed by atoms with Crippen molar-refractivity contribution in [2.75, 3.05) is 7.11 Å². The van der Waals surface area contributed by atoms with Crippen molar-refractivity contribution in [3.05, 3.63) is 110 Å². The van der Waals surface area contributed by atoms with Gasteiger partial charge in [0, 0.05) is 21.7 Å². The molecule has 180 valence electrons. The number of carbonyl (C=O) groups excluding carboxylic acids is 1. The van der Waals surface area contributed by atoms with Crippen LogP contribution in [0.1, 0.15) is 22.3 Å². The summed E-state index contributed by atoms with van der Waals surface area (Å²) in [6, 6.07) is 17.6. The molecule has 0 aliphatic heterocycles. The van der Waals surface area contributed by atoms with Crippen molar-refractivity contribution < 1.29 is 19.2 Å². The van der Waals surface area contributed by atoms with Crippen molar-refractivity contribution in [3.63, 3.8) is 0 Å². The number of nitro groups is 1. The van der Waals surface area contributed by atoms with Crippen LogP contribution in [-0.4, -0.2) is 24.2 Å². The topological polar surface area (TPSA) is 103 Å². The highest BCUT2D eigenvalue weighted by Crippen LogP contribution is 2.34. The van der Waals surface area contributed by atoms with E-state index in [0.717, 1.165) is 15.6 Å². The average molecular weight is 538 g/mol. The summed E-state index contributed by atoms with van der Waals surface area (Å²) in [6.45, 7) is 4.18. The van der Waals surface area contributed by atoms with Crippen LogP contribution in [0, 0.1) is 10.1 Å². The van der Waals surface area contributed by atoms with Gasteiger partial charge in [0.25, 0.3) is 5.69 Å². The molecule has 3 rings (SSSR count). The highest BCUT2D eigenvalue weighted by molar-refractivity contribution is 9.10. The van der Waals surface area contributed by atoms with E-state index >= 15 is 0 Å². The molecule has 1 amide bonds. The molecule has 0 heterocycles. The lowest BCUT2D eigenvalue weighted by atomic mass is 10.1. The van der Waals surface area contributed by atoms with E-state index in [2.05, 4.69) is 33.0 Å². The molecule has 0 fully saturated rings. The van der Waals surface area contributed by atoms with Gasteiger partial charge in [-0.15, -0.1) is 6.58 Å². The number of hydrazone groups is 1. The Morgan fingerprint density at radius 2 is 1.91 bits per heavy atom. The van der Waals surface area contributed by atoms with E-state index in [1.807, 2.05) is 30.3 Å². The minimum Gasteiger partial charge on any atom is -0.493 e. The number of carbonyl (C=O) groups is 1. The number of benzene rings is 3. The Kier molecular flexibility index (Phi) is 9.14. The highest BCUT2D eigenvalue weighted by atomic mass is 79.9. The molecular weight excluding hydrogens is 514 g/mol. The third kappa shape index (κ3) is 7.25. The van der Waals surface area contributed by atoms with Crippen LogP contribution in [0.4, 0.5) is 5.69 Å². The molecule has 0 bridgehead atoms. The lowest BCUT2D eigenvalue weighted by Crippen LogP contribution is -2.20. The van der Waals surface area contributed by atoms with E-state index in [1.165, 1.54) is 12.3 Å². The van der Waals surface area contributed by atoms with Crippen LogP contribution in [0.15, 0.2) is 82.9 Å². The number of amides is 1. The number of ether oxygens (including phenoxy) is 2. The molecule has 0 unspecified atom stereocenters. The molecule has 0 radical (unpaired) electrons. The van der Waals surface area contributed by atoms with Crippen LogP contribution < -0.4 is 14.9 Å². The lowest BCUT2D eigenvalue weighted by Gasteiger charge is -2.16. The van der Waals surface area contributed by atoms with Crippen LogP contribution in [0.3, 0.4) is 0 Å². The monoisotopic (exact) mass is 537 g/mol. The van der Waals surface area contributed by atoms with Crippen molar-refractivity contribution in [3.8, 4) is 11.5 Å². The van der Waals surface area contributed by atoms with Crippen molar-refractivity contribution in [2.45, 2.75) is 19.4 Å². The molecule has 3 aromatic rings. The Hall–Kier alpha value is -3.98. The van der Waals surface area contributed by atoms with Crippen molar-refractivity contribution in [1.82, 2.24) is 5.43 Å². The second-order valence-corrected chi connectivity index (χ2v) is 8.39. The summed E-state index contributed by atoms with van der Waals surface area (Å²) < 4.78 is 12.6. The summed E-state index contributed by atoms with van der Waals surface area (Å²) >= 11 is 3.42. The third-order valence-electron chi connectivity index (χ3n) is 4.98.